The Morgan fingerprint density at radius 1 is 1.03 bits per heavy atom. The molecule has 37 heavy (non-hydrogen) atoms. The summed E-state index contributed by atoms with van der Waals surface area (Å²) < 4.78 is 5.25. The normalized spacial score (nSPS) is 19.9. The molecule has 1 atom stereocenters. The molecular formula is C30H40ClN3O3. The summed E-state index contributed by atoms with van der Waals surface area (Å²) in [4.78, 5) is 30.5. The third-order valence-electron chi connectivity index (χ3n) is 8.39. The Balaban J connectivity index is 0.00000320. The molecule has 0 bridgehead atoms. The van der Waals surface area contributed by atoms with Crippen LogP contribution in [-0.2, 0) is 16.1 Å². The van der Waals surface area contributed by atoms with Crippen LogP contribution >= 0.6 is 12.4 Å². The Morgan fingerprint density at radius 3 is 2.35 bits per heavy atom. The third-order valence-corrected chi connectivity index (χ3v) is 8.39. The van der Waals surface area contributed by atoms with Crippen LogP contribution < -0.4 is 10.1 Å². The van der Waals surface area contributed by atoms with Gasteiger partial charge >= 0.3 is 0 Å². The highest BCUT2D eigenvalue weighted by Gasteiger charge is 2.47. The Labute approximate surface area is 227 Å². The maximum atomic E-state index is 13.4. The van der Waals surface area contributed by atoms with E-state index in [1.54, 1.807) is 7.11 Å². The van der Waals surface area contributed by atoms with Gasteiger partial charge in [-0.2, -0.15) is 0 Å². The van der Waals surface area contributed by atoms with Crippen LogP contribution in [0.1, 0.15) is 62.1 Å². The zero-order valence-corrected chi connectivity index (χ0v) is 22.7. The number of carbonyl (C=O) groups excluding carboxylic acids is 2. The number of nitrogens with one attached hydrogen (secondary N) is 1. The average molecular weight is 526 g/mol. The lowest BCUT2D eigenvalue weighted by atomic mass is 9.77. The van der Waals surface area contributed by atoms with Crippen LogP contribution in [0.4, 0.5) is 0 Å². The zero-order chi connectivity index (χ0) is 25.0. The summed E-state index contributed by atoms with van der Waals surface area (Å²) >= 11 is 0. The van der Waals surface area contributed by atoms with Crippen LogP contribution in [0, 0.1) is 11.3 Å². The van der Waals surface area contributed by atoms with Crippen LogP contribution in [0.25, 0.3) is 0 Å². The minimum Gasteiger partial charge on any atom is -0.497 e. The van der Waals surface area contributed by atoms with E-state index in [9.17, 15) is 9.59 Å². The monoisotopic (exact) mass is 525 g/mol. The molecule has 2 aliphatic heterocycles. The van der Waals surface area contributed by atoms with Gasteiger partial charge in [0.15, 0.2) is 0 Å². The van der Waals surface area contributed by atoms with Gasteiger partial charge in [0.25, 0.3) is 0 Å². The highest BCUT2D eigenvalue weighted by atomic mass is 35.5. The summed E-state index contributed by atoms with van der Waals surface area (Å²) in [6.07, 6.45) is 6.74. The molecule has 200 valence electrons. The van der Waals surface area contributed by atoms with E-state index in [-0.39, 0.29) is 29.8 Å². The summed E-state index contributed by atoms with van der Waals surface area (Å²) in [6.45, 7) is 4.34. The molecule has 0 radical (unpaired) electrons. The van der Waals surface area contributed by atoms with Crippen LogP contribution in [0.2, 0.25) is 0 Å². The van der Waals surface area contributed by atoms with E-state index in [0.717, 1.165) is 63.2 Å². The lowest BCUT2D eigenvalue weighted by molar-refractivity contribution is -0.139. The van der Waals surface area contributed by atoms with Gasteiger partial charge in [0, 0.05) is 26.1 Å². The molecule has 2 heterocycles. The Morgan fingerprint density at radius 2 is 1.70 bits per heavy atom. The van der Waals surface area contributed by atoms with E-state index in [1.165, 1.54) is 18.4 Å². The molecule has 7 heteroatoms. The number of benzene rings is 2. The fourth-order valence-electron chi connectivity index (χ4n) is 5.82. The molecule has 2 amide bonds. The van der Waals surface area contributed by atoms with Gasteiger partial charge in [-0.25, -0.2) is 0 Å². The molecule has 5 rings (SSSR count). The van der Waals surface area contributed by atoms with E-state index in [0.29, 0.717) is 24.8 Å². The van der Waals surface area contributed by atoms with Gasteiger partial charge in [-0.05, 0) is 80.8 Å². The quantitative estimate of drug-likeness (QED) is 0.475. The Hall–Kier alpha value is -2.57. The first-order chi connectivity index (χ1) is 17.5. The second kappa shape index (κ2) is 12.3. The fraction of sp³-hybridized carbons (Fsp3) is 0.533. The molecule has 2 aromatic rings. The predicted molar refractivity (Wildman–Crippen MR) is 148 cm³/mol. The Bertz CT molecular complexity index is 1030. The van der Waals surface area contributed by atoms with Crippen molar-refractivity contribution in [3.8, 4) is 5.75 Å². The van der Waals surface area contributed by atoms with Crippen LogP contribution in [-0.4, -0.2) is 54.9 Å². The van der Waals surface area contributed by atoms with Crippen molar-refractivity contribution in [3.05, 3.63) is 65.7 Å². The van der Waals surface area contributed by atoms with Crippen molar-refractivity contribution in [1.82, 2.24) is 15.1 Å². The SMILES string of the molecule is COc1ccc(CN2CCC3(CCN(CCC(NC(=O)CC4CC4)c4ccccc4)CC3)C2=O)cc1.Cl. The van der Waals surface area contributed by atoms with E-state index < -0.39 is 0 Å². The minimum atomic E-state index is -0.194. The number of nitrogens with zero attached hydrogens (tertiary/aromatic N) is 2. The third kappa shape index (κ3) is 6.85. The van der Waals surface area contributed by atoms with Crippen molar-refractivity contribution < 1.29 is 14.3 Å². The average Bonchev–Trinajstić information content (AvgIpc) is 3.69. The maximum absolute atomic E-state index is 13.4. The van der Waals surface area contributed by atoms with Crippen LogP contribution in [0.3, 0.4) is 0 Å². The molecule has 6 nitrogen and oxygen atoms in total. The lowest BCUT2D eigenvalue weighted by Crippen LogP contribution is -2.45. The predicted octanol–water partition coefficient (Wildman–Crippen LogP) is 4.98. The molecular weight excluding hydrogens is 486 g/mol. The number of hydrogen-bond donors (Lipinski definition) is 1. The molecule has 2 saturated heterocycles. The first kappa shape index (κ1) is 27.5. The molecule has 3 fully saturated rings. The number of rotatable bonds is 10. The van der Waals surface area contributed by atoms with Gasteiger partial charge in [0.2, 0.25) is 11.8 Å². The molecule has 1 N–H and O–H groups in total. The summed E-state index contributed by atoms with van der Waals surface area (Å²) in [5.41, 5.74) is 2.13. The van der Waals surface area contributed by atoms with Crippen molar-refractivity contribution in [2.45, 2.75) is 57.5 Å². The van der Waals surface area contributed by atoms with Gasteiger partial charge in [-0.15, -0.1) is 12.4 Å². The fourth-order valence-corrected chi connectivity index (χ4v) is 5.82. The maximum Gasteiger partial charge on any atom is 0.229 e. The van der Waals surface area contributed by atoms with Crippen LogP contribution in [0.15, 0.2) is 54.6 Å². The summed E-state index contributed by atoms with van der Waals surface area (Å²) in [5.74, 6) is 1.94. The van der Waals surface area contributed by atoms with Gasteiger partial charge in [-0.3, -0.25) is 9.59 Å². The van der Waals surface area contributed by atoms with Crippen molar-refractivity contribution in [3.63, 3.8) is 0 Å². The first-order valence-electron chi connectivity index (χ1n) is 13.5. The van der Waals surface area contributed by atoms with Gasteiger partial charge in [-0.1, -0.05) is 42.5 Å². The molecule has 2 aromatic carbocycles. The summed E-state index contributed by atoms with van der Waals surface area (Å²) in [7, 11) is 1.67. The Kier molecular flexibility index (Phi) is 9.14. The summed E-state index contributed by atoms with van der Waals surface area (Å²) in [5, 5.41) is 3.30. The summed E-state index contributed by atoms with van der Waals surface area (Å²) in [6, 6.07) is 18.4. The zero-order valence-electron chi connectivity index (χ0n) is 21.9. The van der Waals surface area contributed by atoms with E-state index in [1.807, 2.05) is 47.4 Å². The molecule has 0 aromatic heterocycles. The minimum absolute atomic E-state index is 0. The lowest BCUT2D eigenvalue weighted by Gasteiger charge is -2.38. The smallest absolute Gasteiger partial charge is 0.229 e. The van der Waals surface area contributed by atoms with Crippen molar-refractivity contribution in [2.24, 2.45) is 11.3 Å². The number of amides is 2. The molecule has 1 aliphatic carbocycles. The molecule has 1 saturated carbocycles. The molecule has 1 spiro atoms. The standard InChI is InChI=1S/C30H39N3O3.ClH/c1-36-26-11-9-24(10-12-26)22-33-20-16-30(29(33)35)14-18-32(19-15-30)17-13-27(25-5-3-2-4-6-25)31-28(34)21-23-7-8-23;/h2-6,9-12,23,27H,7-8,13-22H2,1H3,(H,31,34);1H. The number of hydrogen-bond acceptors (Lipinski definition) is 4. The molecule has 3 aliphatic rings. The van der Waals surface area contributed by atoms with E-state index >= 15 is 0 Å². The number of ether oxygens (including phenoxy) is 1. The van der Waals surface area contributed by atoms with Gasteiger partial charge in [0.1, 0.15) is 5.75 Å². The number of piperidine rings is 1. The molecule has 1 unspecified atom stereocenters. The van der Waals surface area contributed by atoms with Crippen molar-refractivity contribution in [2.75, 3.05) is 33.3 Å². The second-order valence-electron chi connectivity index (χ2n) is 10.9. The van der Waals surface area contributed by atoms with E-state index in [2.05, 4.69) is 22.3 Å². The number of likely N-dealkylation sites (tertiary alicyclic amines) is 2. The van der Waals surface area contributed by atoms with Gasteiger partial charge in [0.05, 0.1) is 18.6 Å². The van der Waals surface area contributed by atoms with Crippen molar-refractivity contribution >= 4 is 24.2 Å². The number of methoxy groups -OCH3 is 1. The largest absolute Gasteiger partial charge is 0.497 e. The first-order valence-corrected chi connectivity index (χ1v) is 13.5. The number of carbonyl (C=O) groups is 2. The van der Waals surface area contributed by atoms with Crippen LogP contribution in [0.5, 0.6) is 5.75 Å². The van der Waals surface area contributed by atoms with E-state index in [4.69, 9.17) is 4.74 Å². The number of halogens is 1. The highest BCUT2D eigenvalue weighted by Crippen LogP contribution is 2.42. The highest BCUT2D eigenvalue weighted by molar-refractivity contribution is 5.85. The topological polar surface area (TPSA) is 61.9 Å². The van der Waals surface area contributed by atoms with Gasteiger partial charge < -0.3 is 19.9 Å². The second-order valence-corrected chi connectivity index (χ2v) is 10.9. The van der Waals surface area contributed by atoms with Crippen molar-refractivity contribution in [1.29, 1.82) is 0 Å².